The van der Waals surface area contributed by atoms with E-state index in [1.165, 1.54) is 0 Å². The Bertz CT molecular complexity index is 502. The molecule has 1 nitrogen and oxygen atoms in total. The number of hydrogen-bond donors (Lipinski definition) is 0. The molecular weight excluding hydrogens is 218 g/mol. The van der Waals surface area contributed by atoms with Gasteiger partial charge in [-0.15, -0.1) is 0 Å². The molecule has 0 radical (unpaired) electrons. The van der Waals surface area contributed by atoms with Gasteiger partial charge in [-0.25, -0.2) is 0 Å². The zero-order valence-electron chi connectivity index (χ0n) is 11.1. The van der Waals surface area contributed by atoms with E-state index in [9.17, 15) is 0 Å². The average Bonchev–Trinajstić information content (AvgIpc) is 2.42. The molecule has 0 saturated heterocycles. The van der Waals surface area contributed by atoms with E-state index in [0.717, 1.165) is 22.4 Å². The Morgan fingerprint density at radius 2 is 1.89 bits per heavy atom. The van der Waals surface area contributed by atoms with E-state index < -0.39 is 0 Å². The van der Waals surface area contributed by atoms with Gasteiger partial charge in [-0.2, -0.15) is 0 Å². The Balaban J connectivity index is 2.96. The third kappa shape index (κ3) is 4.02. The van der Waals surface area contributed by atoms with Crippen molar-refractivity contribution in [3.8, 4) is 0 Å². The van der Waals surface area contributed by atoms with Crippen molar-refractivity contribution < 1.29 is 0 Å². The quantitative estimate of drug-likeness (QED) is 0.533. The highest BCUT2D eigenvalue weighted by atomic mass is 14.7. The molecule has 0 aromatic heterocycles. The molecule has 0 aliphatic heterocycles. The summed E-state index contributed by atoms with van der Waals surface area (Å²) in [6.07, 6.45) is 7.61. The molecule has 0 amide bonds. The minimum atomic E-state index is 0.959. The first-order chi connectivity index (χ1) is 8.69. The van der Waals surface area contributed by atoms with Crippen LogP contribution < -0.4 is 0 Å². The summed E-state index contributed by atoms with van der Waals surface area (Å²) in [5, 5.41) is 0. The average molecular weight is 237 g/mol. The lowest BCUT2D eigenvalue weighted by molar-refractivity contribution is 1.40. The highest BCUT2D eigenvalue weighted by molar-refractivity contribution is 6.09. The third-order valence-corrected chi connectivity index (χ3v) is 2.60. The van der Waals surface area contributed by atoms with Gasteiger partial charge in [-0.05, 0) is 29.7 Å². The lowest BCUT2D eigenvalue weighted by atomic mass is 10.0. The molecule has 1 heteroatoms. The second-order valence-corrected chi connectivity index (χ2v) is 3.92. The van der Waals surface area contributed by atoms with Gasteiger partial charge < -0.3 is 0 Å². The predicted molar refractivity (Wildman–Crippen MR) is 81.1 cm³/mol. The Hall–Kier alpha value is -2.15. The number of hydrogen-bond acceptors (Lipinski definition) is 1. The summed E-state index contributed by atoms with van der Waals surface area (Å²) in [6, 6.07) is 10.1. The van der Waals surface area contributed by atoms with Crippen LogP contribution in [0.15, 0.2) is 83.9 Å². The van der Waals surface area contributed by atoms with Crippen molar-refractivity contribution in [2.24, 2.45) is 4.99 Å². The minimum Gasteiger partial charge on any atom is -0.288 e. The number of rotatable bonds is 5. The monoisotopic (exact) mass is 237 g/mol. The fourth-order valence-corrected chi connectivity index (χ4v) is 1.50. The molecule has 1 rings (SSSR count). The standard InChI is InChI=1S/C17H19N/c1-5-6-10-14(2)15(3)13-17(18-4)16-11-8-7-9-12-16/h5-13H,1-2H2,3-4H3/b10-6-,15-13+,18-17+. The molecule has 0 unspecified atom stereocenters. The van der Waals surface area contributed by atoms with E-state index in [-0.39, 0.29) is 0 Å². The Morgan fingerprint density at radius 1 is 1.22 bits per heavy atom. The highest BCUT2D eigenvalue weighted by Crippen LogP contribution is 2.11. The van der Waals surface area contributed by atoms with E-state index in [4.69, 9.17) is 0 Å². The van der Waals surface area contributed by atoms with Crippen molar-refractivity contribution in [1.82, 2.24) is 0 Å². The van der Waals surface area contributed by atoms with Gasteiger partial charge in [0.1, 0.15) is 0 Å². The molecule has 18 heavy (non-hydrogen) atoms. The van der Waals surface area contributed by atoms with Crippen LogP contribution in [0.25, 0.3) is 0 Å². The predicted octanol–water partition coefficient (Wildman–Crippen LogP) is 4.35. The van der Waals surface area contributed by atoms with Gasteiger partial charge in [0.2, 0.25) is 0 Å². The summed E-state index contributed by atoms with van der Waals surface area (Å²) in [7, 11) is 1.80. The Labute approximate surface area is 110 Å². The first kappa shape index (κ1) is 13.9. The van der Waals surface area contributed by atoms with Crippen molar-refractivity contribution in [1.29, 1.82) is 0 Å². The molecule has 0 aliphatic rings. The fourth-order valence-electron chi connectivity index (χ4n) is 1.50. The van der Waals surface area contributed by atoms with Crippen molar-refractivity contribution in [3.63, 3.8) is 0 Å². The van der Waals surface area contributed by atoms with Gasteiger partial charge in [0.25, 0.3) is 0 Å². The van der Waals surface area contributed by atoms with E-state index in [2.05, 4.69) is 30.3 Å². The summed E-state index contributed by atoms with van der Waals surface area (Å²) in [5.41, 5.74) is 4.13. The van der Waals surface area contributed by atoms with Crippen LogP contribution >= 0.6 is 0 Å². The molecule has 0 heterocycles. The van der Waals surface area contributed by atoms with E-state index >= 15 is 0 Å². The van der Waals surface area contributed by atoms with Gasteiger partial charge in [-0.3, -0.25) is 4.99 Å². The maximum absolute atomic E-state index is 4.32. The summed E-state index contributed by atoms with van der Waals surface area (Å²) in [6.45, 7) is 9.69. The molecule has 0 atom stereocenters. The molecule has 1 aromatic carbocycles. The summed E-state index contributed by atoms with van der Waals surface area (Å²) >= 11 is 0. The van der Waals surface area contributed by atoms with E-state index in [1.807, 2.05) is 43.4 Å². The molecule has 0 spiro atoms. The Morgan fingerprint density at radius 3 is 2.44 bits per heavy atom. The first-order valence-electron chi connectivity index (χ1n) is 5.88. The molecule has 0 aliphatic carbocycles. The molecule has 92 valence electrons. The smallest absolute Gasteiger partial charge is 0.0645 e. The summed E-state index contributed by atoms with van der Waals surface area (Å²) < 4.78 is 0. The maximum Gasteiger partial charge on any atom is 0.0645 e. The number of benzene rings is 1. The molecule has 0 bridgehead atoms. The second-order valence-electron chi connectivity index (χ2n) is 3.92. The first-order valence-corrected chi connectivity index (χ1v) is 5.88. The number of nitrogens with zero attached hydrogens (tertiary/aromatic N) is 1. The highest BCUT2D eigenvalue weighted by Gasteiger charge is 2.00. The van der Waals surface area contributed by atoms with Gasteiger partial charge in [0.15, 0.2) is 0 Å². The van der Waals surface area contributed by atoms with Crippen LogP contribution in [0, 0.1) is 0 Å². The molecule has 0 saturated carbocycles. The topological polar surface area (TPSA) is 12.4 Å². The van der Waals surface area contributed by atoms with Crippen molar-refractivity contribution >= 4 is 5.71 Å². The minimum absolute atomic E-state index is 0.959. The van der Waals surface area contributed by atoms with Gasteiger partial charge in [0.05, 0.1) is 5.71 Å². The van der Waals surface area contributed by atoms with Crippen LogP contribution in [0.1, 0.15) is 12.5 Å². The van der Waals surface area contributed by atoms with Gasteiger partial charge in [0, 0.05) is 7.05 Å². The van der Waals surface area contributed by atoms with Crippen LogP contribution in [-0.2, 0) is 0 Å². The van der Waals surface area contributed by atoms with Crippen LogP contribution in [0.3, 0.4) is 0 Å². The second kappa shape index (κ2) is 7.23. The fraction of sp³-hybridized carbons (Fsp3) is 0.118. The lowest BCUT2D eigenvalue weighted by Gasteiger charge is -2.04. The summed E-state index contributed by atoms with van der Waals surface area (Å²) in [5.74, 6) is 0. The van der Waals surface area contributed by atoms with Crippen molar-refractivity contribution in [2.45, 2.75) is 6.92 Å². The maximum atomic E-state index is 4.32. The normalized spacial score (nSPS) is 12.8. The number of allylic oxidation sites excluding steroid dienone is 6. The number of aliphatic imine (C=N–C) groups is 1. The zero-order chi connectivity index (χ0) is 13.4. The SMILES string of the molecule is C=C/C=C\C(=C)/C(C)=C/C(=N\C)c1ccccc1. The van der Waals surface area contributed by atoms with Crippen molar-refractivity contribution in [2.75, 3.05) is 7.05 Å². The van der Waals surface area contributed by atoms with Gasteiger partial charge >= 0.3 is 0 Å². The van der Waals surface area contributed by atoms with Crippen LogP contribution in [-0.4, -0.2) is 12.8 Å². The third-order valence-electron chi connectivity index (χ3n) is 2.60. The molecule has 0 N–H and O–H groups in total. The summed E-state index contributed by atoms with van der Waals surface area (Å²) in [4.78, 5) is 4.32. The molecular formula is C17H19N. The van der Waals surface area contributed by atoms with E-state index in [0.29, 0.717) is 0 Å². The van der Waals surface area contributed by atoms with Crippen LogP contribution in [0.2, 0.25) is 0 Å². The molecule has 1 aromatic rings. The molecule has 0 fully saturated rings. The van der Waals surface area contributed by atoms with Crippen LogP contribution in [0.5, 0.6) is 0 Å². The van der Waals surface area contributed by atoms with Crippen LogP contribution in [0.4, 0.5) is 0 Å². The Kier molecular flexibility index (Phi) is 5.59. The largest absolute Gasteiger partial charge is 0.288 e. The zero-order valence-corrected chi connectivity index (χ0v) is 11.1. The van der Waals surface area contributed by atoms with E-state index in [1.54, 1.807) is 13.1 Å². The van der Waals surface area contributed by atoms with Gasteiger partial charge in [-0.1, -0.05) is 61.7 Å². The lowest BCUT2D eigenvalue weighted by Crippen LogP contribution is -1.98. The van der Waals surface area contributed by atoms with Crippen molar-refractivity contribution in [3.05, 3.63) is 84.5 Å².